The largest absolute Gasteiger partial charge is 0.354 e. The second kappa shape index (κ2) is 7.39. The minimum absolute atomic E-state index is 0.0512. The van der Waals surface area contributed by atoms with Crippen molar-refractivity contribution < 1.29 is 14.4 Å². The number of likely N-dealkylation sites (tertiary alicyclic amines) is 1. The summed E-state index contributed by atoms with van der Waals surface area (Å²) < 4.78 is 0. The molecule has 0 spiro atoms. The summed E-state index contributed by atoms with van der Waals surface area (Å²) in [6.07, 6.45) is 2.02. The van der Waals surface area contributed by atoms with Crippen molar-refractivity contribution in [2.45, 2.75) is 40.5 Å². The molecule has 0 saturated carbocycles. The van der Waals surface area contributed by atoms with Crippen LogP contribution in [0.15, 0.2) is 18.2 Å². The monoisotopic (exact) mass is 367 g/mol. The Balaban J connectivity index is 1.93. The number of aromatic nitrogens is 1. The van der Waals surface area contributed by atoms with Crippen LogP contribution in [0.1, 0.15) is 67.8 Å². The molecular weight excluding hydrogens is 342 g/mol. The average Bonchev–Trinajstić information content (AvgIpc) is 3.22. The summed E-state index contributed by atoms with van der Waals surface area (Å²) in [5.41, 5.74) is 4.03. The van der Waals surface area contributed by atoms with E-state index in [0.717, 1.165) is 31.5 Å². The van der Waals surface area contributed by atoms with Crippen molar-refractivity contribution in [2.24, 2.45) is 0 Å². The van der Waals surface area contributed by atoms with Gasteiger partial charge in [0.05, 0.1) is 11.3 Å². The number of amides is 2. The maximum Gasteiger partial charge on any atom is 0.272 e. The number of benzene rings is 1. The molecule has 0 bridgehead atoms. The third kappa shape index (κ3) is 3.52. The zero-order valence-corrected chi connectivity index (χ0v) is 16.2. The Kier molecular flexibility index (Phi) is 5.17. The fourth-order valence-electron chi connectivity index (χ4n) is 3.82. The summed E-state index contributed by atoms with van der Waals surface area (Å²) in [7, 11) is 0. The number of carbonyl (C=O) groups excluding carboxylic acids is 3. The van der Waals surface area contributed by atoms with Crippen molar-refractivity contribution in [3.63, 3.8) is 0 Å². The van der Waals surface area contributed by atoms with E-state index in [0.29, 0.717) is 33.8 Å². The molecule has 27 heavy (non-hydrogen) atoms. The molecule has 2 heterocycles. The Labute approximate surface area is 159 Å². The van der Waals surface area contributed by atoms with E-state index in [1.54, 1.807) is 19.9 Å². The predicted octanol–water partition coefficient (Wildman–Crippen LogP) is 3.63. The molecule has 0 unspecified atom stereocenters. The number of hydrogen-bond donors (Lipinski definition) is 2. The number of Topliss-reactive ketones (excluding diaryl/α,β-unsaturated/α-hetero) is 1. The van der Waals surface area contributed by atoms with E-state index in [-0.39, 0.29) is 17.6 Å². The zero-order chi connectivity index (χ0) is 19.7. The van der Waals surface area contributed by atoms with E-state index in [1.165, 1.54) is 6.92 Å². The van der Waals surface area contributed by atoms with Crippen LogP contribution in [0.5, 0.6) is 0 Å². The lowest BCUT2D eigenvalue weighted by atomic mass is 10.0. The maximum absolute atomic E-state index is 12.9. The molecular formula is C21H25N3O3. The Morgan fingerprint density at radius 2 is 1.70 bits per heavy atom. The summed E-state index contributed by atoms with van der Waals surface area (Å²) in [5.74, 6) is -0.491. The number of aryl methyl sites for hydroxylation is 2. The molecule has 0 atom stereocenters. The molecule has 0 radical (unpaired) electrons. The lowest BCUT2D eigenvalue weighted by Crippen LogP contribution is -2.29. The van der Waals surface area contributed by atoms with Crippen LogP contribution in [0.2, 0.25) is 0 Å². The van der Waals surface area contributed by atoms with Gasteiger partial charge in [0.2, 0.25) is 0 Å². The van der Waals surface area contributed by atoms with Crippen molar-refractivity contribution in [2.75, 3.05) is 18.4 Å². The third-order valence-electron chi connectivity index (χ3n) is 5.14. The lowest BCUT2D eigenvalue weighted by Gasteiger charge is -2.19. The van der Waals surface area contributed by atoms with Crippen LogP contribution in [-0.2, 0) is 0 Å². The number of rotatable bonds is 4. The highest BCUT2D eigenvalue weighted by Crippen LogP contribution is 2.25. The van der Waals surface area contributed by atoms with E-state index in [2.05, 4.69) is 10.3 Å². The van der Waals surface area contributed by atoms with Crippen LogP contribution in [0.4, 0.5) is 5.69 Å². The number of H-pyrrole nitrogens is 1. The van der Waals surface area contributed by atoms with Gasteiger partial charge in [-0.05, 0) is 57.7 Å². The minimum atomic E-state index is -0.357. The Hall–Kier alpha value is -2.89. The first-order chi connectivity index (χ1) is 12.8. The molecule has 1 aromatic carbocycles. The number of carbonyl (C=O) groups is 3. The minimum Gasteiger partial charge on any atom is -0.354 e. The van der Waals surface area contributed by atoms with Gasteiger partial charge in [-0.15, -0.1) is 0 Å². The number of nitrogens with zero attached hydrogens (tertiary/aromatic N) is 1. The molecule has 1 aromatic heterocycles. The number of hydrogen-bond acceptors (Lipinski definition) is 3. The van der Waals surface area contributed by atoms with Crippen LogP contribution in [0.3, 0.4) is 0 Å². The van der Waals surface area contributed by atoms with E-state index in [4.69, 9.17) is 0 Å². The van der Waals surface area contributed by atoms with E-state index in [1.807, 2.05) is 24.0 Å². The molecule has 2 N–H and O–H groups in total. The Morgan fingerprint density at radius 1 is 1.04 bits per heavy atom. The standard InChI is InChI=1S/C21H25N3O3/c1-12-8-7-9-16(17(12)21(27)24-10-5-6-11-24)23-20(26)19-13(2)18(15(4)25)14(3)22-19/h7-9,22H,5-6,10-11H2,1-4H3,(H,23,26). The first kappa shape index (κ1) is 18.9. The number of ketones is 1. The smallest absolute Gasteiger partial charge is 0.272 e. The highest BCUT2D eigenvalue weighted by molar-refractivity contribution is 6.11. The number of nitrogens with one attached hydrogen (secondary N) is 2. The number of aromatic amines is 1. The van der Waals surface area contributed by atoms with Gasteiger partial charge in [0.15, 0.2) is 5.78 Å². The van der Waals surface area contributed by atoms with E-state index >= 15 is 0 Å². The van der Waals surface area contributed by atoms with E-state index in [9.17, 15) is 14.4 Å². The highest BCUT2D eigenvalue weighted by Gasteiger charge is 2.25. The summed E-state index contributed by atoms with van der Waals surface area (Å²) in [4.78, 5) is 42.4. The highest BCUT2D eigenvalue weighted by atomic mass is 16.2. The van der Waals surface area contributed by atoms with Gasteiger partial charge in [0, 0.05) is 24.3 Å². The second-order valence-corrected chi connectivity index (χ2v) is 7.13. The second-order valence-electron chi connectivity index (χ2n) is 7.13. The van der Waals surface area contributed by atoms with Crippen molar-refractivity contribution in [3.05, 3.63) is 51.8 Å². The van der Waals surface area contributed by atoms with Gasteiger partial charge in [-0.1, -0.05) is 12.1 Å². The molecule has 1 saturated heterocycles. The van der Waals surface area contributed by atoms with Crippen LogP contribution in [0, 0.1) is 20.8 Å². The van der Waals surface area contributed by atoms with Gasteiger partial charge in [0.25, 0.3) is 11.8 Å². The van der Waals surface area contributed by atoms with Crippen LogP contribution < -0.4 is 5.32 Å². The van der Waals surface area contributed by atoms with Gasteiger partial charge in [0.1, 0.15) is 5.69 Å². The van der Waals surface area contributed by atoms with Crippen LogP contribution in [-0.4, -0.2) is 40.6 Å². The lowest BCUT2D eigenvalue weighted by molar-refractivity contribution is 0.0793. The molecule has 2 amide bonds. The fourth-order valence-corrected chi connectivity index (χ4v) is 3.82. The van der Waals surface area contributed by atoms with Gasteiger partial charge in [-0.25, -0.2) is 0 Å². The normalized spacial score (nSPS) is 13.7. The molecule has 1 fully saturated rings. The van der Waals surface area contributed by atoms with E-state index < -0.39 is 0 Å². The summed E-state index contributed by atoms with van der Waals surface area (Å²) in [5, 5.41) is 2.86. The van der Waals surface area contributed by atoms with Gasteiger partial charge in [-0.3, -0.25) is 14.4 Å². The summed E-state index contributed by atoms with van der Waals surface area (Å²) in [6.45, 7) is 8.38. The van der Waals surface area contributed by atoms with Crippen molar-refractivity contribution in [3.8, 4) is 0 Å². The zero-order valence-electron chi connectivity index (χ0n) is 16.2. The van der Waals surface area contributed by atoms with Gasteiger partial charge >= 0.3 is 0 Å². The molecule has 3 rings (SSSR count). The van der Waals surface area contributed by atoms with Gasteiger partial charge in [-0.2, -0.15) is 0 Å². The first-order valence-corrected chi connectivity index (χ1v) is 9.21. The Morgan fingerprint density at radius 3 is 2.30 bits per heavy atom. The quantitative estimate of drug-likeness (QED) is 0.810. The van der Waals surface area contributed by atoms with Crippen molar-refractivity contribution in [1.82, 2.24) is 9.88 Å². The molecule has 6 heteroatoms. The maximum atomic E-state index is 12.9. The predicted molar refractivity (Wildman–Crippen MR) is 105 cm³/mol. The molecule has 6 nitrogen and oxygen atoms in total. The Bertz CT molecular complexity index is 921. The first-order valence-electron chi connectivity index (χ1n) is 9.21. The van der Waals surface area contributed by atoms with Crippen molar-refractivity contribution >= 4 is 23.3 Å². The molecule has 1 aliphatic rings. The topological polar surface area (TPSA) is 82.3 Å². The summed E-state index contributed by atoms with van der Waals surface area (Å²) >= 11 is 0. The molecule has 142 valence electrons. The van der Waals surface area contributed by atoms with Crippen LogP contribution >= 0.6 is 0 Å². The number of anilines is 1. The fraction of sp³-hybridized carbons (Fsp3) is 0.381. The van der Waals surface area contributed by atoms with Crippen molar-refractivity contribution in [1.29, 1.82) is 0 Å². The third-order valence-corrected chi connectivity index (χ3v) is 5.14. The molecule has 1 aliphatic heterocycles. The molecule has 0 aliphatic carbocycles. The SMILES string of the molecule is CC(=O)c1c(C)[nH]c(C(=O)Nc2cccc(C)c2C(=O)N2CCCC2)c1C. The average molecular weight is 367 g/mol. The molecule has 2 aromatic rings. The van der Waals surface area contributed by atoms with Crippen LogP contribution in [0.25, 0.3) is 0 Å². The van der Waals surface area contributed by atoms with Gasteiger partial charge < -0.3 is 15.2 Å². The summed E-state index contributed by atoms with van der Waals surface area (Å²) in [6, 6.07) is 5.43.